The summed E-state index contributed by atoms with van der Waals surface area (Å²) in [6.45, 7) is 6.38. The zero-order valence-corrected chi connectivity index (χ0v) is 13.9. The van der Waals surface area contributed by atoms with E-state index in [1.807, 2.05) is 13.1 Å². The van der Waals surface area contributed by atoms with Crippen LogP contribution >= 0.6 is 12.4 Å². The molecule has 0 radical (unpaired) electrons. The lowest BCUT2D eigenvalue weighted by Crippen LogP contribution is -2.24. The maximum absolute atomic E-state index is 5.46. The molecule has 1 N–H and O–H groups in total. The summed E-state index contributed by atoms with van der Waals surface area (Å²) in [5.41, 5.74) is 1.12. The second-order valence-corrected chi connectivity index (χ2v) is 5.96. The Balaban J connectivity index is 0.00000220. The Kier molecular flexibility index (Phi) is 6.37. The number of likely N-dealkylation sites (N-methyl/N-ethyl adjacent to an activating group) is 1. The number of halogens is 1. The second kappa shape index (κ2) is 7.57. The zero-order chi connectivity index (χ0) is 14.6. The first-order chi connectivity index (χ1) is 9.51. The predicted octanol–water partition coefficient (Wildman–Crippen LogP) is 3.16. The summed E-state index contributed by atoms with van der Waals surface area (Å²) < 4.78 is 5.46. The van der Waals surface area contributed by atoms with Crippen molar-refractivity contribution in [1.82, 2.24) is 15.5 Å². The molecule has 0 saturated heterocycles. The fraction of sp³-hybridized carbons (Fsp3) is 0.500. The highest BCUT2D eigenvalue weighted by molar-refractivity contribution is 5.85. The van der Waals surface area contributed by atoms with Gasteiger partial charge in [0.2, 0.25) is 5.89 Å². The molecule has 0 aliphatic heterocycles. The van der Waals surface area contributed by atoms with Gasteiger partial charge >= 0.3 is 0 Å². The van der Waals surface area contributed by atoms with Gasteiger partial charge in [0.25, 0.3) is 0 Å². The van der Waals surface area contributed by atoms with Crippen LogP contribution in [0.2, 0.25) is 0 Å². The van der Waals surface area contributed by atoms with Crippen molar-refractivity contribution in [3.8, 4) is 0 Å². The van der Waals surface area contributed by atoms with E-state index in [-0.39, 0.29) is 17.8 Å². The SMILES string of the molecule is CNC(C)Cc1noc(C(C)(C)Cc2ccccc2)n1.Cl. The van der Waals surface area contributed by atoms with Gasteiger partial charge in [-0.3, -0.25) is 0 Å². The van der Waals surface area contributed by atoms with Crippen molar-refractivity contribution >= 4 is 12.4 Å². The molecule has 116 valence electrons. The minimum Gasteiger partial charge on any atom is -0.339 e. The van der Waals surface area contributed by atoms with Crippen LogP contribution in [-0.4, -0.2) is 23.2 Å². The maximum atomic E-state index is 5.46. The summed E-state index contributed by atoms with van der Waals surface area (Å²) in [5, 5.41) is 7.27. The third-order valence-corrected chi connectivity index (χ3v) is 3.52. The highest BCUT2D eigenvalue weighted by Gasteiger charge is 2.28. The smallest absolute Gasteiger partial charge is 0.232 e. The largest absolute Gasteiger partial charge is 0.339 e. The molecule has 1 unspecified atom stereocenters. The molecule has 2 rings (SSSR count). The molecule has 0 spiro atoms. The van der Waals surface area contributed by atoms with E-state index in [0.29, 0.717) is 11.9 Å². The third kappa shape index (κ3) is 4.83. The summed E-state index contributed by atoms with van der Waals surface area (Å²) in [6.07, 6.45) is 1.67. The first-order valence-electron chi connectivity index (χ1n) is 7.05. The van der Waals surface area contributed by atoms with Crippen LogP contribution in [0.5, 0.6) is 0 Å². The molecule has 0 saturated carbocycles. The second-order valence-electron chi connectivity index (χ2n) is 5.96. The van der Waals surface area contributed by atoms with Gasteiger partial charge in [0.15, 0.2) is 5.82 Å². The van der Waals surface area contributed by atoms with E-state index >= 15 is 0 Å². The Morgan fingerprint density at radius 2 is 1.90 bits per heavy atom. The first-order valence-corrected chi connectivity index (χ1v) is 7.05. The van der Waals surface area contributed by atoms with Gasteiger partial charge in [-0.15, -0.1) is 12.4 Å². The quantitative estimate of drug-likeness (QED) is 0.890. The predicted molar refractivity (Wildman–Crippen MR) is 86.9 cm³/mol. The molecule has 0 aliphatic rings. The van der Waals surface area contributed by atoms with Crippen LogP contribution in [-0.2, 0) is 18.3 Å². The lowest BCUT2D eigenvalue weighted by atomic mass is 9.85. The van der Waals surface area contributed by atoms with Gasteiger partial charge in [0.1, 0.15) is 0 Å². The number of aromatic nitrogens is 2. The number of hydrogen-bond donors (Lipinski definition) is 1. The molecule has 21 heavy (non-hydrogen) atoms. The van der Waals surface area contributed by atoms with Crippen molar-refractivity contribution in [3.63, 3.8) is 0 Å². The molecule has 1 aromatic heterocycles. The molecule has 0 amide bonds. The average Bonchev–Trinajstić information content (AvgIpc) is 2.88. The number of nitrogens with one attached hydrogen (secondary N) is 1. The van der Waals surface area contributed by atoms with Gasteiger partial charge < -0.3 is 9.84 Å². The summed E-state index contributed by atoms with van der Waals surface area (Å²) in [4.78, 5) is 4.55. The molecule has 1 heterocycles. The minimum atomic E-state index is -0.157. The molecule has 0 bridgehead atoms. The van der Waals surface area contributed by atoms with Crippen LogP contribution < -0.4 is 5.32 Å². The molecular weight excluding hydrogens is 286 g/mol. The number of hydrogen-bond acceptors (Lipinski definition) is 4. The lowest BCUT2D eigenvalue weighted by Gasteiger charge is -2.19. The van der Waals surface area contributed by atoms with Crippen molar-refractivity contribution in [2.45, 2.75) is 45.1 Å². The number of rotatable bonds is 6. The van der Waals surface area contributed by atoms with Crippen LogP contribution in [0, 0.1) is 0 Å². The topological polar surface area (TPSA) is 51.0 Å². The van der Waals surface area contributed by atoms with Crippen molar-refractivity contribution in [2.75, 3.05) is 7.05 Å². The Hall–Kier alpha value is -1.39. The van der Waals surface area contributed by atoms with Gasteiger partial charge in [-0.1, -0.05) is 49.3 Å². The van der Waals surface area contributed by atoms with Gasteiger partial charge in [0.05, 0.1) is 0 Å². The fourth-order valence-electron chi connectivity index (χ4n) is 2.17. The summed E-state index contributed by atoms with van der Waals surface area (Å²) >= 11 is 0. The molecular formula is C16H24ClN3O. The summed E-state index contributed by atoms with van der Waals surface area (Å²) in [6, 6.07) is 10.7. The minimum absolute atomic E-state index is 0. The van der Waals surface area contributed by atoms with E-state index in [1.165, 1.54) is 5.56 Å². The maximum Gasteiger partial charge on any atom is 0.232 e. The average molecular weight is 310 g/mol. The van der Waals surface area contributed by atoms with Crippen molar-refractivity contribution in [3.05, 3.63) is 47.6 Å². The van der Waals surface area contributed by atoms with Crippen LogP contribution in [0.3, 0.4) is 0 Å². The third-order valence-electron chi connectivity index (χ3n) is 3.52. The van der Waals surface area contributed by atoms with E-state index < -0.39 is 0 Å². The Labute approximate surface area is 132 Å². The zero-order valence-electron chi connectivity index (χ0n) is 13.1. The highest BCUT2D eigenvalue weighted by Crippen LogP contribution is 2.26. The molecule has 2 aromatic rings. The van der Waals surface area contributed by atoms with Crippen LogP contribution in [0.25, 0.3) is 0 Å². The molecule has 5 heteroatoms. The van der Waals surface area contributed by atoms with Gasteiger partial charge in [-0.2, -0.15) is 4.98 Å². The van der Waals surface area contributed by atoms with E-state index in [4.69, 9.17) is 4.52 Å². The highest BCUT2D eigenvalue weighted by atomic mass is 35.5. The van der Waals surface area contributed by atoms with Crippen LogP contribution in [0.15, 0.2) is 34.9 Å². The summed E-state index contributed by atoms with van der Waals surface area (Å²) in [7, 11) is 1.94. The monoisotopic (exact) mass is 309 g/mol. The van der Waals surface area contributed by atoms with Crippen LogP contribution in [0.1, 0.15) is 38.0 Å². The molecule has 1 aromatic carbocycles. The van der Waals surface area contributed by atoms with Crippen molar-refractivity contribution < 1.29 is 4.52 Å². The molecule has 0 aliphatic carbocycles. The lowest BCUT2D eigenvalue weighted by molar-refractivity contribution is 0.303. The number of nitrogens with zero attached hydrogens (tertiary/aromatic N) is 2. The molecule has 1 atom stereocenters. The van der Waals surface area contributed by atoms with E-state index in [0.717, 1.165) is 18.7 Å². The summed E-state index contributed by atoms with van der Waals surface area (Å²) in [5.74, 6) is 1.47. The first kappa shape index (κ1) is 17.7. The van der Waals surface area contributed by atoms with E-state index in [2.05, 4.69) is 60.5 Å². The van der Waals surface area contributed by atoms with E-state index in [9.17, 15) is 0 Å². The van der Waals surface area contributed by atoms with Crippen molar-refractivity contribution in [2.24, 2.45) is 0 Å². The molecule has 0 fully saturated rings. The molecule has 4 nitrogen and oxygen atoms in total. The van der Waals surface area contributed by atoms with Gasteiger partial charge in [-0.25, -0.2) is 0 Å². The van der Waals surface area contributed by atoms with Gasteiger partial charge in [-0.05, 0) is 26.0 Å². The van der Waals surface area contributed by atoms with E-state index in [1.54, 1.807) is 0 Å². The Morgan fingerprint density at radius 1 is 1.24 bits per heavy atom. The number of benzene rings is 1. The van der Waals surface area contributed by atoms with Crippen molar-refractivity contribution in [1.29, 1.82) is 0 Å². The van der Waals surface area contributed by atoms with Crippen LogP contribution in [0.4, 0.5) is 0 Å². The van der Waals surface area contributed by atoms with Gasteiger partial charge in [0, 0.05) is 17.9 Å². The normalized spacial score (nSPS) is 12.8. The fourth-order valence-corrected chi connectivity index (χ4v) is 2.17. The Bertz CT molecular complexity index is 539. The Morgan fingerprint density at radius 3 is 2.52 bits per heavy atom. The standard InChI is InChI=1S/C16H23N3O.ClH/c1-12(17-4)10-14-18-15(20-19-14)16(2,3)11-13-8-6-5-7-9-13;/h5-9,12,17H,10-11H2,1-4H3;1H.